The molecule has 0 saturated carbocycles. The quantitative estimate of drug-likeness (QED) is 0.191. The first kappa shape index (κ1) is 32.0. The Morgan fingerprint density at radius 1 is 0.526 bits per heavy atom. The van der Waals surface area contributed by atoms with Gasteiger partial charge in [0, 0.05) is 53.7 Å². The van der Waals surface area contributed by atoms with Crippen LogP contribution in [-0.2, 0) is 0 Å². The highest BCUT2D eigenvalue weighted by molar-refractivity contribution is 7.26. The molecule has 1 N–H and O–H groups in total. The molecule has 0 aliphatic carbocycles. The average Bonchev–Trinajstić information content (AvgIpc) is 3.97. The lowest BCUT2D eigenvalue weighted by molar-refractivity contribution is 0.668. The van der Waals surface area contributed by atoms with Gasteiger partial charge in [0.2, 0.25) is 0 Å². The first-order valence-electron chi connectivity index (χ1n) is 19.2. The summed E-state index contributed by atoms with van der Waals surface area (Å²) in [4.78, 5) is 10.2. The van der Waals surface area contributed by atoms with Crippen molar-refractivity contribution in [3.63, 3.8) is 0 Å². The highest BCUT2D eigenvalue weighted by Gasteiger charge is 2.25. The zero-order chi connectivity index (χ0) is 37.5. The van der Waals surface area contributed by atoms with Crippen LogP contribution in [0.25, 0.3) is 80.7 Å². The maximum absolute atomic E-state index is 6.90. The van der Waals surface area contributed by atoms with E-state index in [1.807, 2.05) is 35.6 Å². The number of aromatic nitrogens is 1. The molecule has 0 fully saturated rings. The summed E-state index contributed by atoms with van der Waals surface area (Å²) in [5.74, 6) is 1.46. The Morgan fingerprint density at radius 3 is 1.96 bits per heavy atom. The van der Waals surface area contributed by atoms with Crippen LogP contribution in [0.1, 0.15) is 22.9 Å². The predicted molar refractivity (Wildman–Crippen MR) is 238 cm³/mol. The fourth-order valence-corrected chi connectivity index (χ4v) is 10.0. The molecule has 5 nitrogen and oxygen atoms in total. The van der Waals surface area contributed by atoms with Gasteiger partial charge in [-0.2, -0.15) is 0 Å². The molecule has 1 unspecified atom stereocenters. The summed E-state index contributed by atoms with van der Waals surface area (Å²) in [5.41, 5.74) is 10.5. The number of aliphatic imine (C=N–C) groups is 2. The Hall–Kier alpha value is -7.28. The summed E-state index contributed by atoms with van der Waals surface area (Å²) in [6.07, 6.45) is -0.297. The van der Waals surface area contributed by atoms with Crippen LogP contribution in [-0.4, -0.2) is 16.2 Å². The molecule has 1 aliphatic rings. The molecule has 11 aromatic rings. The van der Waals surface area contributed by atoms with Crippen LogP contribution in [0.5, 0.6) is 0 Å². The Kier molecular flexibility index (Phi) is 7.09. The second kappa shape index (κ2) is 12.6. The van der Waals surface area contributed by atoms with Crippen molar-refractivity contribution >= 4 is 86.9 Å². The summed E-state index contributed by atoms with van der Waals surface area (Å²) >= 11 is 1.85. The lowest BCUT2D eigenvalue weighted by Gasteiger charge is -2.24. The van der Waals surface area contributed by atoms with E-state index in [-0.39, 0.29) is 6.17 Å². The standard InChI is InChI=1S/C51H32N4OS/c1-3-15-31(16-4-1)49-52-50(32-17-5-2-6-18-32)54-51(53-49)39-25-13-29-43-45(39)37-23-11-22-36(47(37)56-43)35-21-14-30-44-46(35)38-24-12-28-42(48(38)57-44)55-40-26-9-7-19-33(40)34-20-8-10-27-41(34)55/h1-30,49H,(H,52,53,54). The molecule has 0 saturated heterocycles. The van der Waals surface area contributed by atoms with Gasteiger partial charge in [-0.1, -0.05) is 152 Å². The fraction of sp³-hybridized carbons (Fsp3) is 0.0196. The van der Waals surface area contributed by atoms with E-state index in [0.717, 1.165) is 55.6 Å². The topological polar surface area (TPSA) is 54.8 Å². The van der Waals surface area contributed by atoms with E-state index >= 15 is 0 Å². The number of hydrogen-bond acceptors (Lipinski definition) is 5. The predicted octanol–water partition coefficient (Wildman–Crippen LogP) is 13.2. The lowest BCUT2D eigenvalue weighted by Crippen LogP contribution is -2.33. The van der Waals surface area contributed by atoms with Crippen molar-refractivity contribution in [1.29, 1.82) is 0 Å². The molecule has 12 rings (SSSR count). The Balaban J connectivity index is 1.05. The number of hydrogen-bond donors (Lipinski definition) is 1. The Labute approximate surface area is 331 Å². The molecule has 57 heavy (non-hydrogen) atoms. The van der Waals surface area contributed by atoms with E-state index in [0.29, 0.717) is 5.84 Å². The molecular weight excluding hydrogens is 717 g/mol. The van der Waals surface area contributed by atoms with Crippen LogP contribution in [0.15, 0.2) is 196 Å². The number of amidine groups is 2. The second-order valence-electron chi connectivity index (χ2n) is 14.5. The third-order valence-corrected chi connectivity index (χ3v) is 12.5. The van der Waals surface area contributed by atoms with E-state index < -0.39 is 0 Å². The van der Waals surface area contributed by atoms with Gasteiger partial charge in [0.05, 0.1) is 21.4 Å². The number of furan rings is 1. The lowest BCUT2D eigenvalue weighted by atomic mass is 9.96. The average molecular weight is 749 g/mol. The fourth-order valence-electron chi connectivity index (χ4n) is 8.78. The van der Waals surface area contributed by atoms with Crippen LogP contribution in [0.4, 0.5) is 0 Å². The van der Waals surface area contributed by atoms with E-state index in [4.69, 9.17) is 14.4 Å². The highest BCUT2D eigenvalue weighted by Crippen LogP contribution is 2.46. The number of nitrogens with zero attached hydrogens (tertiary/aromatic N) is 3. The third-order valence-electron chi connectivity index (χ3n) is 11.3. The summed E-state index contributed by atoms with van der Waals surface area (Å²) in [6.45, 7) is 0. The summed E-state index contributed by atoms with van der Waals surface area (Å²) < 4.78 is 11.8. The summed E-state index contributed by atoms with van der Waals surface area (Å²) in [7, 11) is 0. The van der Waals surface area contributed by atoms with Crippen molar-refractivity contribution in [2.75, 3.05) is 0 Å². The second-order valence-corrected chi connectivity index (χ2v) is 15.6. The minimum Gasteiger partial charge on any atom is -0.455 e. The number of rotatable bonds is 5. The molecule has 0 bridgehead atoms. The molecule has 0 spiro atoms. The van der Waals surface area contributed by atoms with E-state index in [9.17, 15) is 0 Å². The molecule has 6 heteroatoms. The van der Waals surface area contributed by atoms with Crippen molar-refractivity contribution in [3.05, 3.63) is 199 Å². The van der Waals surface area contributed by atoms with Crippen molar-refractivity contribution in [1.82, 2.24) is 9.88 Å². The van der Waals surface area contributed by atoms with Gasteiger partial charge in [-0.25, -0.2) is 9.98 Å². The maximum atomic E-state index is 6.90. The van der Waals surface area contributed by atoms with Crippen LogP contribution in [0.3, 0.4) is 0 Å². The zero-order valence-electron chi connectivity index (χ0n) is 30.6. The zero-order valence-corrected chi connectivity index (χ0v) is 31.4. The maximum Gasteiger partial charge on any atom is 0.159 e. The third kappa shape index (κ3) is 4.94. The number of nitrogens with one attached hydrogen (secondary N) is 1. The molecule has 1 aliphatic heterocycles. The van der Waals surface area contributed by atoms with Crippen molar-refractivity contribution < 1.29 is 4.42 Å². The first-order valence-corrected chi connectivity index (χ1v) is 20.0. The van der Waals surface area contributed by atoms with E-state index in [1.165, 1.54) is 47.7 Å². The number of benzene rings is 8. The minimum absolute atomic E-state index is 0.297. The van der Waals surface area contributed by atoms with Crippen molar-refractivity contribution in [2.24, 2.45) is 9.98 Å². The summed E-state index contributed by atoms with van der Waals surface area (Å²) in [5, 5.41) is 10.7. The van der Waals surface area contributed by atoms with Gasteiger partial charge < -0.3 is 14.3 Å². The molecule has 8 aromatic carbocycles. The van der Waals surface area contributed by atoms with Crippen LogP contribution in [0, 0.1) is 0 Å². The van der Waals surface area contributed by atoms with Gasteiger partial charge in [-0.3, -0.25) is 0 Å². The molecule has 0 amide bonds. The van der Waals surface area contributed by atoms with Gasteiger partial charge in [-0.15, -0.1) is 11.3 Å². The van der Waals surface area contributed by atoms with Gasteiger partial charge in [0.15, 0.2) is 5.84 Å². The van der Waals surface area contributed by atoms with E-state index in [2.05, 4.69) is 168 Å². The highest BCUT2D eigenvalue weighted by atomic mass is 32.1. The van der Waals surface area contributed by atoms with Gasteiger partial charge in [-0.05, 0) is 41.5 Å². The Bertz CT molecular complexity index is 3390. The smallest absolute Gasteiger partial charge is 0.159 e. The van der Waals surface area contributed by atoms with Gasteiger partial charge in [0.1, 0.15) is 23.2 Å². The van der Waals surface area contributed by atoms with E-state index in [1.54, 1.807) is 0 Å². The molecule has 268 valence electrons. The molecule has 4 heterocycles. The normalized spacial score (nSPS) is 14.5. The SMILES string of the molecule is c1ccc(C2=NC(c3ccccc3)NC(c3cccc4oc5c(-c6cccc7sc8c(-n9c%10ccccc%10c%10ccccc%109)cccc8c67)cccc5c34)=N2)cc1. The minimum atomic E-state index is -0.297. The number of para-hydroxylation sites is 3. The summed E-state index contributed by atoms with van der Waals surface area (Å²) in [6, 6.07) is 64.1. The molecule has 0 radical (unpaired) electrons. The number of fused-ring (bicyclic) bond motifs is 9. The number of thiophene rings is 1. The molecule has 3 aromatic heterocycles. The van der Waals surface area contributed by atoms with Gasteiger partial charge >= 0.3 is 0 Å². The van der Waals surface area contributed by atoms with Gasteiger partial charge in [0.25, 0.3) is 0 Å². The first-order chi connectivity index (χ1) is 28.3. The van der Waals surface area contributed by atoms with Crippen LogP contribution in [0.2, 0.25) is 0 Å². The van der Waals surface area contributed by atoms with Crippen molar-refractivity contribution in [2.45, 2.75) is 6.17 Å². The monoisotopic (exact) mass is 748 g/mol. The van der Waals surface area contributed by atoms with Crippen LogP contribution < -0.4 is 5.32 Å². The molecular formula is C51H32N4OS. The van der Waals surface area contributed by atoms with Crippen LogP contribution >= 0.6 is 11.3 Å². The largest absolute Gasteiger partial charge is 0.455 e. The van der Waals surface area contributed by atoms with Crippen molar-refractivity contribution in [3.8, 4) is 16.8 Å². The molecule has 1 atom stereocenters. The Morgan fingerprint density at radius 2 is 1.16 bits per heavy atom.